The molecule has 0 spiro atoms. The molecule has 0 amide bonds. The maximum Gasteiger partial charge on any atom is 0.270 e. The molecule has 1 aromatic heterocycles. The lowest BCUT2D eigenvalue weighted by atomic mass is 10.1. The predicted molar refractivity (Wildman–Crippen MR) is 99.4 cm³/mol. The number of furan rings is 1. The molecule has 8 heteroatoms. The molecule has 0 saturated carbocycles. The fourth-order valence-electron chi connectivity index (χ4n) is 2.90. The molecule has 3 rings (SSSR count). The number of rotatable bonds is 8. The van der Waals surface area contributed by atoms with Gasteiger partial charge >= 0.3 is 0 Å². The first-order valence-electron chi connectivity index (χ1n) is 8.67. The van der Waals surface area contributed by atoms with Gasteiger partial charge in [-0.3, -0.25) is 15.0 Å². The van der Waals surface area contributed by atoms with Crippen LogP contribution in [0, 0.1) is 10.1 Å². The first kappa shape index (κ1) is 18.8. The Kier molecular flexibility index (Phi) is 6.62. The second-order valence-electron chi connectivity index (χ2n) is 6.17. The molecular weight excluding hydrogens is 358 g/mol. The van der Waals surface area contributed by atoms with E-state index in [2.05, 4.69) is 10.2 Å². The molecule has 0 unspecified atom stereocenters. The lowest BCUT2D eigenvalue weighted by Crippen LogP contribution is -2.37. The van der Waals surface area contributed by atoms with Crippen LogP contribution < -0.4 is 5.32 Å². The van der Waals surface area contributed by atoms with Gasteiger partial charge in [0.25, 0.3) is 5.69 Å². The first-order valence-corrected chi connectivity index (χ1v) is 9.05. The Morgan fingerprint density at radius 3 is 2.77 bits per heavy atom. The topological polar surface area (TPSA) is 80.8 Å². The largest absolute Gasteiger partial charge is 0.460 e. The fraction of sp³-hybridized carbons (Fsp3) is 0.444. The van der Waals surface area contributed by atoms with Gasteiger partial charge in [-0.1, -0.05) is 11.6 Å². The van der Waals surface area contributed by atoms with Crippen LogP contribution in [0.5, 0.6) is 0 Å². The van der Waals surface area contributed by atoms with E-state index in [1.54, 1.807) is 6.07 Å². The summed E-state index contributed by atoms with van der Waals surface area (Å²) in [6, 6.07) is 8.09. The van der Waals surface area contributed by atoms with E-state index in [9.17, 15) is 10.1 Å². The van der Waals surface area contributed by atoms with Gasteiger partial charge in [-0.25, -0.2) is 0 Å². The summed E-state index contributed by atoms with van der Waals surface area (Å²) in [6.07, 6.45) is 1.07. The van der Waals surface area contributed by atoms with Crippen LogP contribution in [0.2, 0.25) is 5.02 Å². The SMILES string of the molecule is O=[N+]([O-])c1ccc(-c2ccc(CNCCCN3CCOCC3)o2)c(Cl)c1. The number of morpholine rings is 1. The second-order valence-corrected chi connectivity index (χ2v) is 6.58. The number of hydrogen-bond acceptors (Lipinski definition) is 6. The fourth-order valence-corrected chi connectivity index (χ4v) is 3.17. The molecule has 1 saturated heterocycles. The van der Waals surface area contributed by atoms with Crippen LogP contribution in [0.1, 0.15) is 12.2 Å². The first-order chi connectivity index (χ1) is 12.6. The molecule has 0 radical (unpaired) electrons. The molecule has 1 N–H and O–H groups in total. The molecular formula is C18H22ClN3O4. The summed E-state index contributed by atoms with van der Waals surface area (Å²) in [4.78, 5) is 12.7. The quantitative estimate of drug-likeness (QED) is 0.430. The standard InChI is InChI=1S/C18H22ClN3O4/c19-17-12-14(22(23)24)2-4-16(17)18-5-3-15(26-18)13-20-6-1-7-21-8-10-25-11-9-21/h2-5,12,20H,1,6-11,13H2. The highest BCUT2D eigenvalue weighted by atomic mass is 35.5. The molecule has 1 aliphatic heterocycles. The Morgan fingerprint density at radius 2 is 2.04 bits per heavy atom. The monoisotopic (exact) mass is 379 g/mol. The van der Waals surface area contributed by atoms with Crippen LogP contribution in [0.15, 0.2) is 34.7 Å². The third kappa shape index (κ3) is 5.04. The van der Waals surface area contributed by atoms with Crippen molar-refractivity contribution in [2.75, 3.05) is 39.4 Å². The number of nitrogens with one attached hydrogen (secondary N) is 1. The van der Waals surface area contributed by atoms with Crippen LogP contribution in [-0.4, -0.2) is 49.2 Å². The van der Waals surface area contributed by atoms with Crippen LogP contribution in [0.25, 0.3) is 11.3 Å². The molecule has 2 aromatic rings. The highest BCUT2D eigenvalue weighted by molar-refractivity contribution is 6.33. The summed E-state index contributed by atoms with van der Waals surface area (Å²) in [5.41, 5.74) is 0.614. The smallest absolute Gasteiger partial charge is 0.270 e. The van der Waals surface area contributed by atoms with E-state index in [1.165, 1.54) is 12.1 Å². The molecule has 1 fully saturated rings. The van der Waals surface area contributed by atoms with Gasteiger partial charge in [0, 0.05) is 30.8 Å². The zero-order valence-corrected chi connectivity index (χ0v) is 15.2. The van der Waals surface area contributed by atoms with Gasteiger partial charge in [0.2, 0.25) is 0 Å². The van der Waals surface area contributed by atoms with E-state index in [0.29, 0.717) is 22.9 Å². The number of nitro groups is 1. The number of hydrogen-bond donors (Lipinski definition) is 1. The van der Waals surface area contributed by atoms with E-state index < -0.39 is 4.92 Å². The van der Waals surface area contributed by atoms with Gasteiger partial charge in [0.1, 0.15) is 11.5 Å². The lowest BCUT2D eigenvalue weighted by molar-refractivity contribution is -0.384. The summed E-state index contributed by atoms with van der Waals surface area (Å²) in [5, 5.41) is 14.5. The van der Waals surface area contributed by atoms with Gasteiger partial charge in [0.15, 0.2) is 0 Å². The molecule has 0 aliphatic carbocycles. The minimum absolute atomic E-state index is 0.0348. The van der Waals surface area contributed by atoms with Crippen molar-refractivity contribution in [3.05, 3.63) is 51.2 Å². The van der Waals surface area contributed by atoms with E-state index in [4.69, 9.17) is 20.8 Å². The minimum Gasteiger partial charge on any atom is -0.460 e. The second kappa shape index (κ2) is 9.14. The third-order valence-corrected chi connectivity index (χ3v) is 4.63. The molecule has 1 aliphatic rings. The zero-order chi connectivity index (χ0) is 18.4. The van der Waals surface area contributed by atoms with Crippen LogP contribution >= 0.6 is 11.6 Å². The Labute approximate surface area is 157 Å². The molecule has 7 nitrogen and oxygen atoms in total. The summed E-state index contributed by atoms with van der Waals surface area (Å²) >= 11 is 6.14. The number of nitrogens with zero attached hydrogens (tertiary/aromatic N) is 2. The molecule has 26 heavy (non-hydrogen) atoms. The maximum atomic E-state index is 10.8. The van der Waals surface area contributed by atoms with Crippen LogP contribution in [0.4, 0.5) is 5.69 Å². The van der Waals surface area contributed by atoms with Gasteiger partial charge in [-0.05, 0) is 37.7 Å². The Bertz CT molecular complexity index is 744. The van der Waals surface area contributed by atoms with Crippen molar-refractivity contribution in [3.8, 4) is 11.3 Å². The highest BCUT2D eigenvalue weighted by Gasteiger charge is 2.13. The van der Waals surface area contributed by atoms with Crippen molar-refractivity contribution in [1.82, 2.24) is 10.2 Å². The highest BCUT2D eigenvalue weighted by Crippen LogP contribution is 2.32. The normalized spacial score (nSPS) is 15.3. The molecule has 140 valence electrons. The van der Waals surface area contributed by atoms with E-state index in [0.717, 1.165) is 51.6 Å². The average Bonchev–Trinajstić information content (AvgIpc) is 3.10. The lowest BCUT2D eigenvalue weighted by Gasteiger charge is -2.26. The van der Waals surface area contributed by atoms with Crippen molar-refractivity contribution in [2.24, 2.45) is 0 Å². The van der Waals surface area contributed by atoms with Gasteiger partial charge < -0.3 is 14.5 Å². The van der Waals surface area contributed by atoms with E-state index >= 15 is 0 Å². The third-order valence-electron chi connectivity index (χ3n) is 4.32. The van der Waals surface area contributed by atoms with Crippen molar-refractivity contribution < 1.29 is 14.1 Å². The van der Waals surface area contributed by atoms with Gasteiger partial charge in [-0.2, -0.15) is 0 Å². The summed E-state index contributed by atoms with van der Waals surface area (Å²) in [6.45, 7) is 6.29. The van der Waals surface area contributed by atoms with E-state index in [-0.39, 0.29) is 5.69 Å². The van der Waals surface area contributed by atoms with Crippen molar-refractivity contribution in [2.45, 2.75) is 13.0 Å². The summed E-state index contributed by atoms with van der Waals surface area (Å²) < 4.78 is 11.1. The predicted octanol–water partition coefficient (Wildman–Crippen LogP) is 3.32. The number of halogens is 1. The number of benzene rings is 1. The number of nitro benzene ring substituents is 1. The molecule has 1 aromatic carbocycles. The van der Waals surface area contributed by atoms with Crippen LogP contribution in [0.3, 0.4) is 0 Å². The van der Waals surface area contributed by atoms with E-state index in [1.807, 2.05) is 12.1 Å². The molecule has 0 atom stereocenters. The van der Waals surface area contributed by atoms with Crippen LogP contribution in [-0.2, 0) is 11.3 Å². The average molecular weight is 380 g/mol. The summed E-state index contributed by atoms with van der Waals surface area (Å²) in [7, 11) is 0. The molecule has 0 bridgehead atoms. The van der Waals surface area contributed by atoms with Crippen molar-refractivity contribution in [3.63, 3.8) is 0 Å². The summed E-state index contributed by atoms with van der Waals surface area (Å²) in [5.74, 6) is 1.41. The molecule has 2 heterocycles. The Morgan fingerprint density at radius 1 is 1.23 bits per heavy atom. The van der Waals surface area contributed by atoms with Crippen molar-refractivity contribution in [1.29, 1.82) is 0 Å². The van der Waals surface area contributed by atoms with Crippen molar-refractivity contribution >= 4 is 17.3 Å². The Balaban J connectivity index is 1.46. The Hall–Kier alpha value is -1.93. The zero-order valence-electron chi connectivity index (χ0n) is 14.4. The maximum absolute atomic E-state index is 10.8. The number of non-ortho nitro benzene ring substituents is 1. The minimum atomic E-state index is -0.468. The van der Waals surface area contributed by atoms with Gasteiger partial charge in [-0.15, -0.1) is 0 Å². The van der Waals surface area contributed by atoms with Gasteiger partial charge in [0.05, 0.1) is 29.7 Å². The number of ether oxygens (including phenoxy) is 1.